The van der Waals surface area contributed by atoms with Gasteiger partial charge in [0.25, 0.3) is 0 Å². The highest BCUT2D eigenvalue weighted by Gasteiger charge is 2.27. The van der Waals surface area contributed by atoms with Crippen LogP contribution >= 0.6 is 0 Å². The molecule has 0 saturated heterocycles. The molecule has 0 aromatic heterocycles. The van der Waals surface area contributed by atoms with Crippen LogP contribution in [0.4, 0.5) is 0 Å². The fourth-order valence-corrected chi connectivity index (χ4v) is 7.97. The molecule has 0 aliphatic heterocycles. The maximum Gasteiger partial charge on any atom is -0.0158 e. The third kappa shape index (κ3) is 6.42. The van der Waals surface area contributed by atoms with Crippen LogP contribution in [0.3, 0.4) is 0 Å². The first-order valence-corrected chi connectivity index (χ1v) is 16.7. The number of hydrogen-bond acceptors (Lipinski definition) is 0. The van der Waals surface area contributed by atoms with E-state index in [1.54, 1.807) is 33.4 Å². The second kappa shape index (κ2) is 13.1. The van der Waals surface area contributed by atoms with Gasteiger partial charge in [-0.25, -0.2) is 0 Å². The molecule has 0 heterocycles. The van der Waals surface area contributed by atoms with Gasteiger partial charge in [-0.3, -0.25) is 0 Å². The Hall–Kier alpha value is -2.34. The van der Waals surface area contributed by atoms with Crippen molar-refractivity contribution >= 4 is 0 Å². The van der Waals surface area contributed by atoms with Crippen molar-refractivity contribution in [3.63, 3.8) is 0 Å². The molecular weight excluding hydrogens is 480 g/mol. The molecule has 0 N–H and O–H groups in total. The van der Waals surface area contributed by atoms with E-state index in [-0.39, 0.29) is 0 Å². The van der Waals surface area contributed by atoms with Crippen molar-refractivity contribution in [1.82, 2.24) is 0 Å². The molecule has 0 nitrogen and oxygen atoms in total. The molecule has 40 heavy (non-hydrogen) atoms. The van der Waals surface area contributed by atoms with Gasteiger partial charge >= 0.3 is 0 Å². The maximum absolute atomic E-state index is 2.58. The minimum absolute atomic E-state index is 0.579. The smallest absolute Gasteiger partial charge is 0.0158 e. The summed E-state index contributed by atoms with van der Waals surface area (Å²) in [5.41, 5.74) is 13.9. The number of fused-ring (bicyclic) bond motifs is 1. The molecule has 2 aliphatic rings. The Morgan fingerprint density at radius 3 is 2.17 bits per heavy atom. The van der Waals surface area contributed by atoms with E-state index in [4.69, 9.17) is 0 Å². The van der Waals surface area contributed by atoms with Crippen molar-refractivity contribution in [2.75, 3.05) is 0 Å². The van der Waals surface area contributed by atoms with Gasteiger partial charge in [0.2, 0.25) is 0 Å². The average molecular weight is 535 g/mol. The van der Waals surface area contributed by atoms with Gasteiger partial charge in [-0.2, -0.15) is 0 Å². The van der Waals surface area contributed by atoms with Crippen LogP contribution in [0.2, 0.25) is 0 Å². The van der Waals surface area contributed by atoms with Crippen LogP contribution in [0.5, 0.6) is 0 Å². The largest absolute Gasteiger partial charge is 0.0651 e. The number of benzene rings is 3. The van der Waals surface area contributed by atoms with Crippen molar-refractivity contribution in [1.29, 1.82) is 0 Å². The molecule has 2 unspecified atom stereocenters. The second-order valence-corrected chi connectivity index (χ2v) is 13.7. The quantitative estimate of drug-likeness (QED) is 0.243. The van der Waals surface area contributed by atoms with E-state index in [0.717, 1.165) is 23.7 Å². The van der Waals surface area contributed by atoms with Crippen molar-refractivity contribution in [3.05, 3.63) is 93.5 Å². The lowest BCUT2D eigenvalue weighted by molar-refractivity contribution is 0.259. The first-order valence-electron chi connectivity index (χ1n) is 16.7. The van der Waals surface area contributed by atoms with Crippen LogP contribution in [0, 0.1) is 18.8 Å². The van der Waals surface area contributed by atoms with E-state index >= 15 is 0 Å². The zero-order valence-corrected chi connectivity index (χ0v) is 26.4. The molecule has 0 amide bonds. The molecule has 3 aromatic carbocycles. The highest BCUT2D eigenvalue weighted by Crippen LogP contribution is 2.44. The predicted octanol–water partition coefficient (Wildman–Crippen LogP) is 11.7. The van der Waals surface area contributed by atoms with Gasteiger partial charge in [0.1, 0.15) is 0 Å². The summed E-state index contributed by atoms with van der Waals surface area (Å²) in [7, 11) is 0. The summed E-state index contributed by atoms with van der Waals surface area (Å²) in [5, 5.41) is 0. The molecule has 1 fully saturated rings. The number of hydrogen-bond donors (Lipinski definition) is 0. The predicted molar refractivity (Wildman–Crippen MR) is 175 cm³/mol. The molecule has 0 radical (unpaired) electrons. The molecular formula is C40H54. The van der Waals surface area contributed by atoms with Crippen LogP contribution in [0.15, 0.2) is 54.6 Å². The van der Waals surface area contributed by atoms with E-state index in [0.29, 0.717) is 5.92 Å². The lowest BCUT2D eigenvalue weighted by Gasteiger charge is -2.31. The summed E-state index contributed by atoms with van der Waals surface area (Å²) in [6.45, 7) is 14.2. The van der Waals surface area contributed by atoms with E-state index in [9.17, 15) is 0 Å². The van der Waals surface area contributed by atoms with Gasteiger partial charge in [0, 0.05) is 0 Å². The van der Waals surface area contributed by atoms with Gasteiger partial charge in [-0.15, -0.1) is 0 Å². The van der Waals surface area contributed by atoms with E-state index in [1.165, 1.54) is 87.3 Å². The molecule has 5 rings (SSSR count). The van der Waals surface area contributed by atoms with Crippen LogP contribution in [0.25, 0.3) is 11.1 Å². The maximum atomic E-state index is 2.58. The van der Waals surface area contributed by atoms with Crippen molar-refractivity contribution < 1.29 is 0 Å². The Labute approximate surface area is 246 Å². The van der Waals surface area contributed by atoms with Gasteiger partial charge in [-0.1, -0.05) is 101 Å². The second-order valence-electron chi connectivity index (χ2n) is 13.7. The minimum Gasteiger partial charge on any atom is -0.0651 e. The summed E-state index contributed by atoms with van der Waals surface area (Å²) < 4.78 is 0. The van der Waals surface area contributed by atoms with Gasteiger partial charge in [0.05, 0.1) is 0 Å². The van der Waals surface area contributed by atoms with Crippen molar-refractivity contribution in [3.8, 4) is 11.1 Å². The van der Waals surface area contributed by atoms with E-state index in [2.05, 4.69) is 96.1 Å². The van der Waals surface area contributed by atoms with Crippen LogP contribution in [0.1, 0.15) is 143 Å². The third-order valence-electron chi connectivity index (χ3n) is 10.7. The summed E-state index contributed by atoms with van der Waals surface area (Å²) in [5.74, 6) is 3.82. The highest BCUT2D eigenvalue weighted by molar-refractivity contribution is 5.68. The highest BCUT2D eigenvalue weighted by atomic mass is 14.3. The molecule has 2 aliphatic carbocycles. The van der Waals surface area contributed by atoms with Gasteiger partial charge in [-0.05, 0) is 145 Å². The van der Waals surface area contributed by atoms with E-state index < -0.39 is 0 Å². The fraction of sp³-hybridized carbons (Fsp3) is 0.550. The molecule has 2 atom stereocenters. The van der Waals surface area contributed by atoms with Gasteiger partial charge in [0.15, 0.2) is 0 Å². The lowest BCUT2D eigenvalue weighted by atomic mass is 9.74. The monoisotopic (exact) mass is 534 g/mol. The first-order chi connectivity index (χ1) is 19.4. The Kier molecular flexibility index (Phi) is 9.55. The van der Waals surface area contributed by atoms with Crippen molar-refractivity contribution in [2.45, 2.75) is 130 Å². The third-order valence-corrected chi connectivity index (χ3v) is 10.7. The SMILES string of the molecule is CCCc1cc(C)ccc1CCC(C)c1cc(-c2ccc(C3CCC(C(C)C)CC3)cc2)cc2c1CCC2CC. The number of aryl methyl sites for hydroxylation is 3. The molecule has 3 aromatic rings. The topological polar surface area (TPSA) is 0 Å². The summed E-state index contributed by atoms with van der Waals surface area (Å²) in [6, 6.07) is 22.0. The zero-order chi connectivity index (χ0) is 28.2. The summed E-state index contributed by atoms with van der Waals surface area (Å²) in [4.78, 5) is 0. The van der Waals surface area contributed by atoms with Crippen LogP contribution in [-0.4, -0.2) is 0 Å². The number of rotatable bonds is 10. The Morgan fingerprint density at radius 1 is 0.750 bits per heavy atom. The fourth-order valence-electron chi connectivity index (χ4n) is 7.97. The minimum atomic E-state index is 0.579. The van der Waals surface area contributed by atoms with Crippen LogP contribution in [-0.2, 0) is 19.3 Å². The summed E-state index contributed by atoms with van der Waals surface area (Å²) in [6.07, 6.45) is 14.2. The van der Waals surface area contributed by atoms with Crippen molar-refractivity contribution in [2.24, 2.45) is 11.8 Å². The van der Waals surface area contributed by atoms with Gasteiger partial charge < -0.3 is 0 Å². The molecule has 0 spiro atoms. The molecule has 1 saturated carbocycles. The molecule has 0 heteroatoms. The Balaban J connectivity index is 1.37. The standard InChI is InChI=1S/C40H54/c1-7-9-36-24-28(5)10-12-34(36)13-11-29(6)39-25-37(26-40-30(8-2)22-23-38(39)40)35-20-18-33(19-21-35)32-16-14-31(15-17-32)27(3)4/h10,12,18-21,24-27,29-32H,7-9,11,13-17,22-23H2,1-6H3. The first kappa shape index (κ1) is 29.2. The zero-order valence-electron chi connectivity index (χ0n) is 26.4. The van der Waals surface area contributed by atoms with E-state index in [1.807, 2.05) is 0 Å². The molecule has 0 bridgehead atoms. The normalized spacial score (nSPS) is 21.5. The molecule has 214 valence electrons. The Bertz CT molecular complexity index is 1250. The van der Waals surface area contributed by atoms with Crippen LogP contribution < -0.4 is 0 Å². The lowest BCUT2D eigenvalue weighted by Crippen LogP contribution is -2.17. The average Bonchev–Trinajstić information content (AvgIpc) is 3.39. The Morgan fingerprint density at radius 2 is 1.50 bits per heavy atom. The summed E-state index contributed by atoms with van der Waals surface area (Å²) >= 11 is 0.